The molecule has 0 saturated carbocycles. The lowest BCUT2D eigenvalue weighted by atomic mass is 9.98. The van der Waals surface area contributed by atoms with Gasteiger partial charge < -0.3 is 24.6 Å². The Morgan fingerprint density at radius 3 is 1.88 bits per heavy atom. The Morgan fingerprint density at radius 2 is 1.34 bits per heavy atom. The van der Waals surface area contributed by atoms with Crippen molar-refractivity contribution < 1.29 is 34.1 Å². The van der Waals surface area contributed by atoms with Crippen LogP contribution in [0.1, 0.15) is 24.0 Å². The van der Waals surface area contributed by atoms with Crippen LogP contribution in [0.2, 0.25) is 0 Å². The third-order valence-electron chi connectivity index (χ3n) is 5.42. The van der Waals surface area contributed by atoms with Gasteiger partial charge in [0.15, 0.2) is 11.5 Å². The molecule has 1 amide bonds. The molecule has 2 aromatic rings. The zero-order chi connectivity index (χ0) is 22.7. The van der Waals surface area contributed by atoms with Gasteiger partial charge in [0.05, 0.1) is 5.57 Å². The number of hydrogen-bond acceptors (Lipinski definition) is 5. The van der Waals surface area contributed by atoms with E-state index in [0.29, 0.717) is 24.0 Å². The summed E-state index contributed by atoms with van der Waals surface area (Å²) in [5.41, 5.74) is 0.795. The van der Waals surface area contributed by atoms with E-state index in [4.69, 9.17) is 9.47 Å². The van der Waals surface area contributed by atoms with Crippen LogP contribution in [0.25, 0.3) is 11.1 Å². The summed E-state index contributed by atoms with van der Waals surface area (Å²) in [4.78, 5) is 38.8. The fourth-order valence-corrected chi connectivity index (χ4v) is 3.97. The molecule has 8 heteroatoms. The molecule has 0 radical (unpaired) electrons. The van der Waals surface area contributed by atoms with Gasteiger partial charge in [-0.1, -0.05) is 60.7 Å². The summed E-state index contributed by atoms with van der Waals surface area (Å²) in [5.74, 6) is -2.95. The SMILES string of the molecule is O=C(O)C(=C1OCOC1=C(C(=O)N1CCC[C@H]1C(=O)O)c1ccccc1)c1ccccc1. The molecule has 2 saturated heterocycles. The first-order valence-electron chi connectivity index (χ1n) is 10.1. The number of hydrogen-bond donors (Lipinski definition) is 2. The van der Waals surface area contributed by atoms with Crippen molar-refractivity contribution in [3.05, 3.63) is 83.3 Å². The maximum Gasteiger partial charge on any atom is 0.340 e. The van der Waals surface area contributed by atoms with Gasteiger partial charge in [-0.05, 0) is 24.0 Å². The van der Waals surface area contributed by atoms with E-state index in [1.165, 1.54) is 4.90 Å². The zero-order valence-electron chi connectivity index (χ0n) is 17.1. The quantitative estimate of drug-likeness (QED) is 0.694. The van der Waals surface area contributed by atoms with Crippen LogP contribution in [0.3, 0.4) is 0 Å². The summed E-state index contributed by atoms with van der Waals surface area (Å²) < 4.78 is 11.2. The number of carbonyl (C=O) groups is 3. The first-order valence-corrected chi connectivity index (χ1v) is 10.1. The first-order chi connectivity index (χ1) is 15.5. The molecule has 2 aliphatic rings. The van der Waals surface area contributed by atoms with Crippen LogP contribution in [0.5, 0.6) is 0 Å². The second kappa shape index (κ2) is 8.97. The molecule has 0 unspecified atom stereocenters. The maximum atomic E-state index is 13.6. The zero-order valence-corrected chi connectivity index (χ0v) is 17.1. The normalized spacial score (nSPS) is 20.9. The fourth-order valence-electron chi connectivity index (χ4n) is 3.97. The average molecular weight is 435 g/mol. The fraction of sp³-hybridized carbons (Fsp3) is 0.208. The standard InChI is InChI=1S/C24H21NO7/c26-22(25-13-7-12-17(25)23(27)28)18(15-8-3-1-4-9-15)20-21(32-14-31-20)19(24(29)30)16-10-5-2-6-11-16/h1-6,8-11,17H,7,12-14H2,(H,27,28)(H,29,30)/t17-/m0/s1. The van der Waals surface area contributed by atoms with Crippen molar-refractivity contribution in [2.75, 3.05) is 13.3 Å². The third kappa shape index (κ3) is 3.94. The summed E-state index contributed by atoms with van der Waals surface area (Å²) >= 11 is 0. The van der Waals surface area contributed by atoms with Gasteiger partial charge in [0.2, 0.25) is 6.79 Å². The van der Waals surface area contributed by atoms with Crippen LogP contribution < -0.4 is 0 Å². The van der Waals surface area contributed by atoms with Gasteiger partial charge in [0.1, 0.15) is 11.6 Å². The summed E-state index contributed by atoms with van der Waals surface area (Å²) in [6.07, 6.45) is 0.910. The largest absolute Gasteiger partial charge is 0.480 e. The number of amides is 1. The first kappa shape index (κ1) is 21.2. The van der Waals surface area contributed by atoms with E-state index in [9.17, 15) is 24.6 Å². The lowest BCUT2D eigenvalue weighted by molar-refractivity contribution is -0.146. The van der Waals surface area contributed by atoms with Gasteiger partial charge in [0, 0.05) is 6.54 Å². The number of carboxylic acids is 2. The van der Waals surface area contributed by atoms with Gasteiger partial charge in [-0.25, -0.2) is 9.59 Å². The molecule has 2 aromatic carbocycles. The minimum atomic E-state index is -1.24. The van der Waals surface area contributed by atoms with Gasteiger partial charge in [-0.15, -0.1) is 0 Å². The van der Waals surface area contributed by atoms with Crippen molar-refractivity contribution in [1.82, 2.24) is 4.90 Å². The molecule has 1 atom stereocenters. The summed E-state index contributed by atoms with van der Waals surface area (Å²) in [5, 5.41) is 19.5. The Labute approximate surface area is 184 Å². The third-order valence-corrected chi connectivity index (χ3v) is 5.42. The summed E-state index contributed by atoms with van der Waals surface area (Å²) in [6.45, 7) is 0.0179. The van der Waals surface area contributed by atoms with Crippen LogP contribution in [-0.2, 0) is 23.9 Å². The van der Waals surface area contributed by atoms with Gasteiger partial charge in [-0.3, -0.25) is 4.79 Å². The van der Waals surface area contributed by atoms with Crippen LogP contribution in [0, 0.1) is 0 Å². The smallest absolute Gasteiger partial charge is 0.340 e. The van der Waals surface area contributed by atoms with Gasteiger partial charge in [0.25, 0.3) is 5.91 Å². The number of ether oxygens (including phenoxy) is 2. The molecule has 2 aliphatic heterocycles. The summed E-state index contributed by atoms with van der Waals surface area (Å²) in [6, 6.07) is 16.1. The number of aliphatic carboxylic acids is 2. The molecule has 0 bridgehead atoms. The number of benzene rings is 2. The van der Waals surface area contributed by atoms with Crippen molar-refractivity contribution in [1.29, 1.82) is 0 Å². The van der Waals surface area contributed by atoms with Gasteiger partial charge in [-0.2, -0.15) is 0 Å². The number of nitrogens with zero attached hydrogens (tertiary/aromatic N) is 1. The van der Waals surface area contributed by atoms with E-state index in [1.54, 1.807) is 60.7 Å². The number of carboxylic acid groups (broad SMARTS) is 2. The van der Waals surface area contributed by atoms with E-state index < -0.39 is 23.9 Å². The van der Waals surface area contributed by atoms with Crippen molar-refractivity contribution in [3.8, 4) is 0 Å². The molecular formula is C24H21NO7. The lowest BCUT2D eigenvalue weighted by Gasteiger charge is -2.23. The molecule has 32 heavy (non-hydrogen) atoms. The summed E-state index contributed by atoms with van der Waals surface area (Å²) in [7, 11) is 0. The average Bonchev–Trinajstić information content (AvgIpc) is 3.46. The number of carbonyl (C=O) groups excluding carboxylic acids is 1. The van der Waals surface area contributed by atoms with E-state index in [1.807, 2.05) is 0 Å². The van der Waals surface area contributed by atoms with E-state index in [-0.39, 0.29) is 36.0 Å². The van der Waals surface area contributed by atoms with Gasteiger partial charge >= 0.3 is 11.9 Å². The highest BCUT2D eigenvalue weighted by atomic mass is 16.7. The van der Waals surface area contributed by atoms with Crippen LogP contribution in [0.15, 0.2) is 72.2 Å². The van der Waals surface area contributed by atoms with E-state index in [2.05, 4.69) is 0 Å². The van der Waals surface area contributed by atoms with Crippen LogP contribution in [0.4, 0.5) is 0 Å². The predicted octanol–water partition coefficient (Wildman–Crippen LogP) is 2.97. The highest BCUT2D eigenvalue weighted by molar-refractivity contribution is 6.23. The van der Waals surface area contributed by atoms with Crippen molar-refractivity contribution in [2.24, 2.45) is 0 Å². The molecule has 8 nitrogen and oxygen atoms in total. The van der Waals surface area contributed by atoms with Crippen LogP contribution in [-0.4, -0.2) is 52.3 Å². The molecule has 0 spiro atoms. The number of likely N-dealkylation sites (tertiary alicyclic amines) is 1. The Balaban J connectivity index is 1.93. The minimum absolute atomic E-state index is 0.0153. The molecule has 0 aromatic heterocycles. The molecule has 2 N–H and O–H groups in total. The molecule has 0 aliphatic carbocycles. The number of rotatable bonds is 5. The second-order valence-electron chi connectivity index (χ2n) is 7.35. The Morgan fingerprint density at radius 1 is 0.812 bits per heavy atom. The van der Waals surface area contributed by atoms with Crippen molar-refractivity contribution in [3.63, 3.8) is 0 Å². The molecule has 4 rings (SSSR count). The van der Waals surface area contributed by atoms with E-state index >= 15 is 0 Å². The topological polar surface area (TPSA) is 113 Å². The highest BCUT2D eigenvalue weighted by Crippen LogP contribution is 2.37. The molecule has 2 fully saturated rings. The Kier molecular flexibility index (Phi) is 5.93. The lowest BCUT2D eigenvalue weighted by Crippen LogP contribution is -2.41. The van der Waals surface area contributed by atoms with E-state index in [0.717, 1.165) is 0 Å². The maximum absolute atomic E-state index is 13.6. The molecule has 2 heterocycles. The monoisotopic (exact) mass is 435 g/mol. The second-order valence-corrected chi connectivity index (χ2v) is 7.35. The molecule has 164 valence electrons. The van der Waals surface area contributed by atoms with Crippen molar-refractivity contribution in [2.45, 2.75) is 18.9 Å². The molecular weight excluding hydrogens is 414 g/mol. The van der Waals surface area contributed by atoms with Crippen molar-refractivity contribution >= 4 is 29.0 Å². The predicted molar refractivity (Wildman–Crippen MR) is 114 cm³/mol. The minimum Gasteiger partial charge on any atom is -0.480 e. The Hall–Kier alpha value is -4.07. The Bertz CT molecular complexity index is 1110. The van der Waals surface area contributed by atoms with Crippen LogP contribution >= 0.6 is 0 Å². The highest BCUT2D eigenvalue weighted by Gasteiger charge is 2.39.